The molecule has 0 spiro atoms. The minimum absolute atomic E-state index is 0.0684. The van der Waals surface area contributed by atoms with Crippen LogP contribution in [0.1, 0.15) is 29.7 Å². The topological polar surface area (TPSA) is 84.2 Å². The van der Waals surface area contributed by atoms with Gasteiger partial charge >= 0.3 is 6.09 Å². The molecule has 1 aromatic rings. The van der Waals surface area contributed by atoms with Crippen molar-refractivity contribution in [3.05, 3.63) is 17.2 Å². The van der Waals surface area contributed by atoms with Gasteiger partial charge in [0.05, 0.1) is 18.8 Å². The van der Waals surface area contributed by atoms with Crippen LogP contribution in [0, 0.1) is 6.92 Å². The lowest BCUT2D eigenvalue weighted by Crippen LogP contribution is -2.40. The van der Waals surface area contributed by atoms with Gasteiger partial charge in [0.25, 0.3) is 0 Å². The van der Waals surface area contributed by atoms with Crippen molar-refractivity contribution in [1.29, 1.82) is 0 Å². The number of fused-ring (bicyclic) bond motifs is 1. The molecule has 2 rings (SSSR count). The molecule has 1 atom stereocenters. The minimum atomic E-state index is -0.310. The van der Waals surface area contributed by atoms with E-state index in [2.05, 4.69) is 9.97 Å². The van der Waals surface area contributed by atoms with Crippen molar-refractivity contribution in [2.45, 2.75) is 25.8 Å². The predicted molar refractivity (Wildman–Crippen MR) is 62.6 cm³/mol. The number of rotatable bonds is 2. The van der Waals surface area contributed by atoms with Crippen LogP contribution in [0.25, 0.3) is 0 Å². The van der Waals surface area contributed by atoms with E-state index in [9.17, 15) is 4.79 Å². The van der Waals surface area contributed by atoms with Crippen molar-refractivity contribution in [3.63, 3.8) is 0 Å². The van der Waals surface area contributed by atoms with E-state index in [1.54, 1.807) is 4.90 Å². The average Bonchev–Trinajstić information content (AvgIpc) is 2.69. The van der Waals surface area contributed by atoms with Crippen LogP contribution in [-0.2, 0) is 11.2 Å². The first-order chi connectivity index (χ1) is 8.17. The van der Waals surface area contributed by atoms with Crippen molar-refractivity contribution < 1.29 is 9.53 Å². The van der Waals surface area contributed by atoms with Crippen LogP contribution in [0.3, 0.4) is 0 Å². The van der Waals surface area contributed by atoms with Gasteiger partial charge in [0.15, 0.2) is 0 Å². The third-order valence-electron chi connectivity index (χ3n) is 3.07. The normalized spacial score (nSPS) is 19.0. The summed E-state index contributed by atoms with van der Waals surface area (Å²) in [5, 5.41) is 0. The summed E-state index contributed by atoms with van der Waals surface area (Å²) in [5.74, 6) is 0.878. The van der Waals surface area contributed by atoms with Gasteiger partial charge in [0.2, 0.25) is 0 Å². The Hall–Kier alpha value is -1.56. The summed E-state index contributed by atoms with van der Waals surface area (Å²) in [6, 6.07) is -0.0684. The van der Waals surface area contributed by atoms with Gasteiger partial charge in [-0.25, -0.2) is 9.78 Å². The highest BCUT2D eigenvalue weighted by Crippen LogP contribution is 2.30. The maximum Gasteiger partial charge on any atom is 0.410 e. The van der Waals surface area contributed by atoms with E-state index in [0.717, 1.165) is 23.6 Å². The number of carbonyl (C=O) groups excluding carboxylic acids is 1. The summed E-state index contributed by atoms with van der Waals surface area (Å²) in [5.41, 5.74) is 7.66. The fourth-order valence-electron chi connectivity index (χ4n) is 2.35. The number of hydrogen-bond donors (Lipinski definition) is 2. The van der Waals surface area contributed by atoms with Crippen molar-refractivity contribution in [1.82, 2.24) is 14.9 Å². The number of aromatic amines is 1. The van der Waals surface area contributed by atoms with E-state index in [-0.39, 0.29) is 12.1 Å². The van der Waals surface area contributed by atoms with Crippen LogP contribution in [0.5, 0.6) is 0 Å². The number of nitrogens with zero attached hydrogens (tertiary/aromatic N) is 2. The zero-order chi connectivity index (χ0) is 12.4. The Morgan fingerprint density at radius 2 is 2.47 bits per heavy atom. The van der Waals surface area contributed by atoms with Crippen LogP contribution in [-0.4, -0.2) is 41.2 Å². The van der Waals surface area contributed by atoms with Gasteiger partial charge in [0.1, 0.15) is 5.82 Å². The lowest BCUT2D eigenvalue weighted by Gasteiger charge is -2.33. The molecule has 3 N–H and O–H groups in total. The van der Waals surface area contributed by atoms with Crippen molar-refractivity contribution in [3.8, 4) is 0 Å². The van der Waals surface area contributed by atoms with Crippen LogP contribution in [0.15, 0.2) is 0 Å². The smallest absolute Gasteiger partial charge is 0.410 e. The van der Waals surface area contributed by atoms with Crippen LogP contribution < -0.4 is 5.73 Å². The van der Waals surface area contributed by atoms with Gasteiger partial charge in [-0.15, -0.1) is 0 Å². The second-order valence-electron chi connectivity index (χ2n) is 4.19. The highest BCUT2D eigenvalue weighted by Gasteiger charge is 2.33. The third kappa shape index (κ3) is 2.12. The first kappa shape index (κ1) is 11.9. The number of aryl methyl sites for hydroxylation is 1. The molecule has 6 heteroatoms. The number of aromatic nitrogens is 2. The van der Waals surface area contributed by atoms with Crippen LogP contribution in [0.4, 0.5) is 4.79 Å². The quantitative estimate of drug-likeness (QED) is 0.795. The Bertz CT molecular complexity index is 416. The van der Waals surface area contributed by atoms with Crippen LogP contribution in [0.2, 0.25) is 0 Å². The summed E-state index contributed by atoms with van der Waals surface area (Å²) in [7, 11) is 1.40. The second-order valence-corrected chi connectivity index (χ2v) is 4.19. The van der Waals surface area contributed by atoms with E-state index in [1.165, 1.54) is 7.11 Å². The number of methoxy groups -OCH3 is 1. The fraction of sp³-hybridized carbons (Fsp3) is 0.636. The molecule has 6 nitrogen and oxygen atoms in total. The Labute approximate surface area is 100 Å². The molecule has 1 amide bonds. The Morgan fingerprint density at radius 3 is 3.12 bits per heavy atom. The molecule has 0 saturated carbocycles. The molecule has 2 heterocycles. The first-order valence-electron chi connectivity index (χ1n) is 5.77. The summed E-state index contributed by atoms with van der Waals surface area (Å²) in [6.45, 7) is 3.08. The molecule has 0 fully saturated rings. The lowest BCUT2D eigenvalue weighted by atomic mass is 10.0. The molecule has 0 bridgehead atoms. The number of carbonyl (C=O) groups is 1. The summed E-state index contributed by atoms with van der Waals surface area (Å²) >= 11 is 0. The van der Waals surface area contributed by atoms with E-state index in [0.29, 0.717) is 19.5 Å². The molecule has 1 aliphatic heterocycles. The molecule has 1 aliphatic rings. The predicted octanol–water partition coefficient (Wildman–Crippen LogP) is 0.733. The minimum Gasteiger partial charge on any atom is -0.453 e. The molecule has 0 aromatic carbocycles. The van der Waals surface area contributed by atoms with E-state index in [1.807, 2.05) is 6.92 Å². The van der Waals surface area contributed by atoms with Gasteiger partial charge in [-0.3, -0.25) is 4.90 Å². The average molecular weight is 238 g/mol. The number of H-pyrrole nitrogens is 1. The maximum atomic E-state index is 11.7. The molecule has 1 unspecified atom stereocenters. The Morgan fingerprint density at radius 1 is 1.71 bits per heavy atom. The van der Waals surface area contributed by atoms with Gasteiger partial charge in [-0.2, -0.15) is 0 Å². The first-order valence-corrected chi connectivity index (χ1v) is 5.77. The maximum absolute atomic E-state index is 11.7. The number of nitrogens with one attached hydrogen (secondary N) is 1. The number of ether oxygens (including phenoxy) is 1. The van der Waals surface area contributed by atoms with Gasteiger partial charge in [-0.1, -0.05) is 0 Å². The molecule has 0 radical (unpaired) electrons. The second kappa shape index (κ2) is 4.75. The third-order valence-corrected chi connectivity index (χ3v) is 3.07. The molecular weight excluding hydrogens is 220 g/mol. The summed E-state index contributed by atoms with van der Waals surface area (Å²) in [4.78, 5) is 21.1. The van der Waals surface area contributed by atoms with Crippen molar-refractivity contribution >= 4 is 6.09 Å². The number of imidazole rings is 1. The molecule has 0 saturated heterocycles. The van der Waals surface area contributed by atoms with Crippen molar-refractivity contribution in [2.75, 3.05) is 20.2 Å². The number of hydrogen-bond acceptors (Lipinski definition) is 4. The molecule has 17 heavy (non-hydrogen) atoms. The molecule has 94 valence electrons. The van der Waals surface area contributed by atoms with Crippen molar-refractivity contribution in [2.24, 2.45) is 5.73 Å². The van der Waals surface area contributed by atoms with Gasteiger partial charge in [-0.05, 0) is 19.9 Å². The molecule has 0 aliphatic carbocycles. The van der Waals surface area contributed by atoms with E-state index < -0.39 is 0 Å². The Kier molecular flexibility index (Phi) is 3.33. The summed E-state index contributed by atoms with van der Waals surface area (Å²) in [6.07, 6.45) is 1.17. The molecular formula is C11H18N4O2. The zero-order valence-corrected chi connectivity index (χ0v) is 10.2. The van der Waals surface area contributed by atoms with Crippen LogP contribution >= 0.6 is 0 Å². The summed E-state index contributed by atoms with van der Waals surface area (Å²) < 4.78 is 4.80. The number of nitrogens with two attached hydrogens (primary N) is 1. The van der Waals surface area contributed by atoms with Gasteiger partial charge < -0.3 is 15.5 Å². The van der Waals surface area contributed by atoms with Gasteiger partial charge in [0, 0.05) is 18.7 Å². The monoisotopic (exact) mass is 238 g/mol. The highest BCUT2D eigenvalue weighted by molar-refractivity contribution is 5.68. The molecule has 1 aromatic heterocycles. The largest absolute Gasteiger partial charge is 0.453 e. The fourth-order valence-corrected chi connectivity index (χ4v) is 2.35. The standard InChI is InChI=1S/C11H18N4O2/c1-7-13-8-4-6-15(11(16)17-2)9(3-5-12)10(8)14-7/h9H,3-6,12H2,1-2H3,(H,13,14). The van der Waals surface area contributed by atoms with E-state index in [4.69, 9.17) is 10.5 Å². The lowest BCUT2D eigenvalue weighted by molar-refractivity contribution is 0.0977. The van der Waals surface area contributed by atoms with E-state index >= 15 is 0 Å². The number of amides is 1. The Balaban J connectivity index is 2.31. The highest BCUT2D eigenvalue weighted by atomic mass is 16.5. The SMILES string of the molecule is COC(=O)N1CCc2[nH]c(C)nc2C1CCN. The zero-order valence-electron chi connectivity index (χ0n) is 10.2.